The Morgan fingerprint density at radius 2 is 2.12 bits per heavy atom. The molecule has 0 amide bonds. The quantitative estimate of drug-likeness (QED) is 0.369. The Labute approximate surface area is 119 Å². The van der Waals surface area contributed by atoms with Gasteiger partial charge in [0.25, 0.3) is 0 Å². The van der Waals surface area contributed by atoms with Crippen LogP contribution in [0.25, 0.3) is 0 Å². The van der Waals surface area contributed by atoms with Crippen LogP contribution in [-0.2, 0) is 15.8 Å². The molecule has 0 radical (unpaired) electrons. The largest absolute Gasteiger partial charge is 1.00 e. The molecular weight excluding hydrogens is 239 g/mol. The summed E-state index contributed by atoms with van der Waals surface area (Å²) in [6.07, 6.45) is 0. The molecule has 4 nitrogen and oxygen atoms in total. The van der Waals surface area contributed by atoms with Gasteiger partial charge in [-0.05, 0) is 42.6 Å². The summed E-state index contributed by atoms with van der Waals surface area (Å²) < 4.78 is 26.4. The maximum atomic E-state index is 11.3. The molecule has 0 heterocycles. The van der Waals surface area contributed by atoms with Crippen LogP contribution >= 0.6 is 0 Å². The Bertz CT molecular complexity index is 406. The molecule has 0 aliphatic carbocycles. The third kappa shape index (κ3) is 3.99. The van der Waals surface area contributed by atoms with Gasteiger partial charge in [0.2, 0.25) is 0 Å². The van der Waals surface area contributed by atoms with Crippen molar-refractivity contribution in [3.8, 4) is 0 Å². The number of ether oxygens (including phenoxy) is 1. The molecule has 1 atom stereocenters. The molecule has 82 valence electrons. The molecule has 16 heavy (non-hydrogen) atoms. The van der Waals surface area contributed by atoms with Gasteiger partial charge in [-0.1, -0.05) is 6.07 Å². The molecule has 0 aliphatic heterocycles. The second-order valence-corrected chi connectivity index (χ2v) is 3.84. The molecule has 0 bridgehead atoms. The number of hydrogen-bond donors (Lipinski definition) is 0. The van der Waals surface area contributed by atoms with Gasteiger partial charge in [-0.25, -0.2) is 4.79 Å². The third-order valence-electron chi connectivity index (χ3n) is 1.88. The molecule has 1 aromatic carbocycles. The van der Waals surface area contributed by atoms with E-state index in [2.05, 4.69) is 0 Å². The van der Waals surface area contributed by atoms with Crippen molar-refractivity contribution in [3.63, 3.8) is 0 Å². The number of hydrogen-bond acceptors (Lipinski definition) is 4. The van der Waals surface area contributed by atoms with Gasteiger partial charge in [0.05, 0.1) is 12.2 Å². The maximum Gasteiger partial charge on any atom is 1.00 e. The minimum absolute atomic E-state index is 0. The van der Waals surface area contributed by atoms with E-state index in [0.717, 1.165) is 0 Å². The van der Waals surface area contributed by atoms with E-state index in [-0.39, 0.29) is 46.6 Å². The fraction of sp³-hybridized carbons (Fsp3) is 0.300. The van der Waals surface area contributed by atoms with Crippen molar-refractivity contribution >= 4 is 17.0 Å². The van der Waals surface area contributed by atoms with Crippen LogP contribution in [0.2, 0.25) is 0 Å². The molecule has 0 N–H and O–H groups in total. The molecular formula is C10H11NaO4S. The van der Waals surface area contributed by atoms with Gasteiger partial charge in [0.15, 0.2) is 0 Å². The average Bonchev–Trinajstić information content (AvgIpc) is 2.18. The van der Waals surface area contributed by atoms with Gasteiger partial charge >= 0.3 is 35.5 Å². The predicted octanol–water partition coefficient (Wildman–Crippen LogP) is -1.59. The van der Waals surface area contributed by atoms with E-state index in [0.29, 0.717) is 5.56 Å². The second-order valence-electron chi connectivity index (χ2n) is 2.94. The van der Waals surface area contributed by atoms with Crippen LogP contribution in [0.3, 0.4) is 0 Å². The van der Waals surface area contributed by atoms with Crippen molar-refractivity contribution in [3.05, 3.63) is 29.3 Å². The van der Waals surface area contributed by atoms with E-state index in [4.69, 9.17) is 4.74 Å². The number of aryl methyl sites for hydroxylation is 1. The van der Waals surface area contributed by atoms with Crippen LogP contribution in [-0.4, -0.2) is 21.3 Å². The van der Waals surface area contributed by atoms with E-state index in [9.17, 15) is 13.6 Å². The van der Waals surface area contributed by atoms with Gasteiger partial charge in [-0.3, -0.25) is 4.21 Å². The fourth-order valence-corrected chi connectivity index (χ4v) is 1.68. The molecule has 0 saturated heterocycles. The van der Waals surface area contributed by atoms with Gasteiger partial charge in [-0.15, -0.1) is 0 Å². The standard InChI is InChI=1S/C10H12O4S.Na/c1-3-14-10(11)8-5-4-7(2)9(6-8)15(12)13;/h4-6H,3H2,1-2H3,(H,12,13);/q;+1/p-1. The minimum atomic E-state index is -2.33. The van der Waals surface area contributed by atoms with Gasteiger partial charge in [0, 0.05) is 4.90 Å². The predicted molar refractivity (Wildman–Crippen MR) is 54.3 cm³/mol. The Hall–Kier alpha value is -0.200. The average molecular weight is 250 g/mol. The summed E-state index contributed by atoms with van der Waals surface area (Å²) in [4.78, 5) is 11.4. The Kier molecular flexibility index (Phi) is 7.10. The zero-order valence-electron chi connectivity index (χ0n) is 9.48. The topological polar surface area (TPSA) is 66.4 Å². The Morgan fingerprint density at radius 3 is 2.62 bits per heavy atom. The van der Waals surface area contributed by atoms with Crippen molar-refractivity contribution in [1.29, 1.82) is 0 Å². The number of esters is 1. The van der Waals surface area contributed by atoms with Crippen molar-refractivity contribution in [2.24, 2.45) is 0 Å². The van der Waals surface area contributed by atoms with Gasteiger partial charge in [0.1, 0.15) is 0 Å². The summed E-state index contributed by atoms with van der Waals surface area (Å²) in [5.41, 5.74) is 0.859. The van der Waals surface area contributed by atoms with E-state index in [1.165, 1.54) is 6.07 Å². The molecule has 0 spiro atoms. The van der Waals surface area contributed by atoms with E-state index in [1.807, 2.05) is 0 Å². The van der Waals surface area contributed by atoms with Gasteiger partial charge in [-0.2, -0.15) is 0 Å². The van der Waals surface area contributed by atoms with E-state index < -0.39 is 17.0 Å². The maximum absolute atomic E-state index is 11.3. The zero-order valence-corrected chi connectivity index (χ0v) is 12.3. The third-order valence-corrected chi connectivity index (χ3v) is 2.68. The first-order valence-corrected chi connectivity index (χ1v) is 5.50. The number of carbonyl (C=O) groups excluding carboxylic acids is 1. The van der Waals surface area contributed by atoms with Crippen LogP contribution in [0.15, 0.2) is 23.1 Å². The molecule has 0 aromatic heterocycles. The van der Waals surface area contributed by atoms with Crippen molar-refractivity contribution in [2.75, 3.05) is 6.61 Å². The first-order valence-electron chi connectivity index (χ1n) is 4.43. The summed E-state index contributed by atoms with van der Waals surface area (Å²) in [6.45, 7) is 3.63. The summed E-state index contributed by atoms with van der Waals surface area (Å²) in [7, 11) is 0. The van der Waals surface area contributed by atoms with Crippen LogP contribution < -0.4 is 29.6 Å². The van der Waals surface area contributed by atoms with Crippen LogP contribution in [0.5, 0.6) is 0 Å². The van der Waals surface area contributed by atoms with E-state index in [1.54, 1.807) is 26.0 Å². The minimum Gasteiger partial charge on any atom is -0.768 e. The van der Waals surface area contributed by atoms with Crippen LogP contribution in [0, 0.1) is 6.92 Å². The normalized spacial score (nSPS) is 11.4. The Morgan fingerprint density at radius 1 is 1.50 bits per heavy atom. The Balaban J connectivity index is 0.00000225. The first kappa shape index (κ1) is 15.8. The smallest absolute Gasteiger partial charge is 0.768 e. The molecule has 0 fully saturated rings. The molecule has 6 heteroatoms. The monoisotopic (exact) mass is 250 g/mol. The molecule has 0 saturated carbocycles. The van der Waals surface area contributed by atoms with E-state index >= 15 is 0 Å². The van der Waals surface area contributed by atoms with Crippen molar-refractivity contribution < 1.29 is 47.9 Å². The SMILES string of the molecule is CCOC(=O)c1ccc(C)c(S(=O)[O-])c1.[Na+]. The molecule has 1 rings (SSSR count). The van der Waals surface area contributed by atoms with Crippen molar-refractivity contribution in [1.82, 2.24) is 0 Å². The molecule has 1 unspecified atom stereocenters. The fourth-order valence-electron chi connectivity index (χ4n) is 1.12. The van der Waals surface area contributed by atoms with Gasteiger partial charge < -0.3 is 9.29 Å². The number of rotatable bonds is 3. The van der Waals surface area contributed by atoms with Crippen LogP contribution in [0.1, 0.15) is 22.8 Å². The number of benzene rings is 1. The summed E-state index contributed by atoms with van der Waals surface area (Å²) in [5.74, 6) is -0.510. The summed E-state index contributed by atoms with van der Waals surface area (Å²) >= 11 is -2.33. The number of carbonyl (C=O) groups is 1. The van der Waals surface area contributed by atoms with Crippen LogP contribution in [0.4, 0.5) is 0 Å². The second kappa shape index (κ2) is 7.19. The summed E-state index contributed by atoms with van der Waals surface area (Å²) in [5, 5.41) is 0. The zero-order chi connectivity index (χ0) is 11.4. The molecule has 1 aromatic rings. The first-order chi connectivity index (χ1) is 7.06. The summed E-state index contributed by atoms with van der Waals surface area (Å²) in [6, 6.07) is 4.44. The molecule has 0 aliphatic rings. The van der Waals surface area contributed by atoms with Crippen molar-refractivity contribution in [2.45, 2.75) is 18.7 Å².